The highest BCUT2D eigenvalue weighted by Crippen LogP contribution is 2.32. The van der Waals surface area contributed by atoms with E-state index < -0.39 is 30.1 Å². The van der Waals surface area contributed by atoms with Crippen molar-refractivity contribution >= 4 is 34.5 Å². The molecule has 316 valence electrons. The predicted molar refractivity (Wildman–Crippen MR) is 233 cm³/mol. The molecule has 12 nitrogen and oxygen atoms in total. The molecule has 0 aliphatic carbocycles. The molecule has 7 rings (SSSR count). The largest absolute Gasteiger partial charge is 0.361 e. The van der Waals surface area contributed by atoms with Gasteiger partial charge < -0.3 is 25.8 Å². The van der Waals surface area contributed by atoms with Gasteiger partial charge in [-0.2, -0.15) is 0 Å². The number of aromatic nitrogens is 4. The van der Waals surface area contributed by atoms with Crippen LogP contribution in [-0.2, 0) is 45.0 Å². The highest BCUT2D eigenvalue weighted by atomic mass is 16.2. The minimum absolute atomic E-state index is 0.106. The number of hydrogen-bond acceptors (Lipinski definition) is 6. The number of fused-ring (bicyclic) bond motifs is 2. The fourth-order valence-electron chi connectivity index (χ4n) is 8.99. The molecule has 0 bridgehead atoms. The molecular weight excluding hydrogens is 753 g/mol. The van der Waals surface area contributed by atoms with E-state index in [1.165, 1.54) is 37.3 Å². The van der Waals surface area contributed by atoms with Gasteiger partial charge in [-0.15, -0.1) is 5.10 Å². The molecule has 12 heteroatoms. The van der Waals surface area contributed by atoms with Gasteiger partial charge in [-0.1, -0.05) is 111 Å². The molecule has 3 aromatic carbocycles. The van der Waals surface area contributed by atoms with Gasteiger partial charge in [0.15, 0.2) is 0 Å². The van der Waals surface area contributed by atoms with E-state index in [9.17, 15) is 19.2 Å². The Hall–Kier alpha value is -5.78. The van der Waals surface area contributed by atoms with E-state index in [0.29, 0.717) is 31.5 Å². The van der Waals surface area contributed by atoms with E-state index in [1.807, 2.05) is 71.7 Å². The number of nitrogens with one attached hydrogen (secondary N) is 4. The van der Waals surface area contributed by atoms with Crippen LogP contribution in [0, 0.1) is 0 Å². The van der Waals surface area contributed by atoms with Gasteiger partial charge in [0, 0.05) is 43.0 Å². The summed E-state index contributed by atoms with van der Waals surface area (Å²) in [5.74, 6) is -1.28. The molecule has 60 heavy (non-hydrogen) atoms. The zero-order chi connectivity index (χ0) is 41.8. The van der Waals surface area contributed by atoms with E-state index in [1.54, 1.807) is 4.90 Å². The number of H-pyrrole nitrogens is 1. The van der Waals surface area contributed by atoms with Gasteiger partial charge in [0.25, 0.3) is 0 Å². The number of aryl methyl sites for hydroxylation is 3. The van der Waals surface area contributed by atoms with E-state index in [4.69, 9.17) is 0 Å². The second kappa shape index (κ2) is 20.5. The first-order valence-corrected chi connectivity index (χ1v) is 22.0. The molecule has 0 radical (unpaired) electrons. The summed E-state index contributed by atoms with van der Waals surface area (Å²) in [6.45, 7) is 4.33. The molecule has 4 heterocycles. The van der Waals surface area contributed by atoms with Gasteiger partial charge in [0.2, 0.25) is 23.6 Å². The normalized spacial score (nSPS) is 18.9. The van der Waals surface area contributed by atoms with E-state index >= 15 is 0 Å². The number of carbonyl (C=O) groups is 4. The molecule has 2 saturated heterocycles. The summed E-state index contributed by atoms with van der Waals surface area (Å²) >= 11 is 0. The fourth-order valence-corrected chi connectivity index (χ4v) is 8.99. The first kappa shape index (κ1) is 42.3. The van der Waals surface area contributed by atoms with Gasteiger partial charge >= 0.3 is 0 Å². The van der Waals surface area contributed by atoms with E-state index in [0.717, 1.165) is 67.0 Å². The molecule has 2 fully saturated rings. The van der Waals surface area contributed by atoms with Crippen LogP contribution in [0.15, 0.2) is 91.3 Å². The molecule has 5 aromatic rings. The summed E-state index contributed by atoms with van der Waals surface area (Å²) < 4.78 is 1.85. The number of benzene rings is 3. The highest BCUT2D eigenvalue weighted by molar-refractivity contribution is 5.95. The van der Waals surface area contributed by atoms with Crippen molar-refractivity contribution in [2.45, 2.75) is 140 Å². The molecule has 0 spiro atoms. The number of amides is 4. The second-order valence-electron chi connectivity index (χ2n) is 16.6. The van der Waals surface area contributed by atoms with Crippen molar-refractivity contribution in [1.29, 1.82) is 0 Å². The number of rotatable bonds is 18. The summed E-state index contributed by atoms with van der Waals surface area (Å²) in [4.78, 5) is 60.0. The van der Waals surface area contributed by atoms with Crippen LogP contribution in [0.3, 0.4) is 0 Å². The lowest BCUT2D eigenvalue weighted by molar-refractivity contribution is -0.144. The highest BCUT2D eigenvalue weighted by Gasteiger charge is 2.45. The van der Waals surface area contributed by atoms with Crippen molar-refractivity contribution in [1.82, 2.24) is 40.8 Å². The summed E-state index contributed by atoms with van der Waals surface area (Å²) in [5.41, 5.74) is 6.08. The minimum Gasteiger partial charge on any atom is -0.361 e. The topological polar surface area (TPSA) is 154 Å². The van der Waals surface area contributed by atoms with Crippen molar-refractivity contribution in [2.24, 2.45) is 0 Å². The molecule has 0 saturated carbocycles. The van der Waals surface area contributed by atoms with Gasteiger partial charge in [0.1, 0.15) is 23.8 Å². The Morgan fingerprint density at radius 2 is 1.55 bits per heavy atom. The van der Waals surface area contributed by atoms with Crippen LogP contribution in [0.25, 0.3) is 10.9 Å². The molecule has 4 N–H and O–H groups in total. The number of unbranched alkanes of at least 4 members (excludes halogenated alkanes) is 3. The van der Waals surface area contributed by atoms with Crippen molar-refractivity contribution in [3.05, 3.63) is 119 Å². The van der Waals surface area contributed by atoms with Crippen molar-refractivity contribution in [3.63, 3.8) is 0 Å². The zero-order valence-electron chi connectivity index (χ0n) is 35.1. The van der Waals surface area contributed by atoms with Gasteiger partial charge in [0.05, 0.1) is 12.2 Å². The maximum atomic E-state index is 14.5. The summed E-state index contributed by atoms with van der Waals surface area (Å²) in [7, 11) is 0. The third-order valence-electron chi connectivity index (χ3n) is 12.2. The monoisotopic (exact) mass is 812 g/mol. The van der Waals surface area contributed by atoms with Gasteiger partial charge in [-0.3, -0.25) is 23.9 Å². The Labute approximate surface area is 353 Å². The number of aromatic amines is 1. The smallest absolute Gasteiger partial charge is 0.246 e. The van der Waals surface area contributed by atoms with Crippen LogP contribution in [0.5, 0.6) is 0 Å². The number of para-hydroxylation sites is 1. The van der Waals surface area contributed by atoms with Gasteiger partial charge in [-0.05, 0) is 86.1 Å². The standard InChI is InChI=1S/C48H60N8O4/c1-3-4-6-15-34-23-25-35(26-24-34)16-13-14-29-55-32-43(53-54-55)45(36-17-7-5-8-18-36)52-47(59)44-28-27-38-19-9-11-22-41(48(60)56(38)44)51-46(58)42(50-33(2)57)30-37-31-49-40-21-12-10-20-39(37)40/h5,7-8,10,12,17-18,20-21,23-26,31-32,38,41-42,44-45,49H,3-4,6,9,11,13-16,19,22,27-30H2,1-2H3,(H,50,57)(H,51,58)(H,52,59)/t38-,41-,42-,44-,45-/m0/s1. The van der Waals surface area contributed by atoms with Gasteiger partial charge in [-0.25, -0.2) is 0 Å². The molecule has 4 amide bonds. The average molecular weight is 813 g/mol. The van der Waals surface area contributed by atoms with E-state index in [-0.39, 0.29) is 30.2 Å². The van der Waals surface area contributed by atoms with E-state index in [2.05, 4.69) is 62.4 Å². The Morgan fingerprint density at radius 3 is 2.30 bits per heavy atom. The van der Waals surface area contributed by atoms with Crippen LogP contribution in [0.4, 0.5) is 0 Å². The first-order chi connectivity index (χ1) is 29.3. The molecule has 5 atom stereocenters. The SMILES string of the molecule is CCCCCc1ccc(CCCCn2cc([C@@H](NC(=O)[C@@H]3CC[C@@H]4CCCC[C@H](NC(=O)[C@H](Cc5c[nH]c6ccccc56)NC(C)=O)C(=O)N43)c3ccccc3)nn2)cc1. The van der Waals surface area contributed by atoms with Crippen LogP contribution in [0.1, 0.15) is 118 Å². The average Bonchev–Trinajstić information content (AvgIpc) is 4.01. The minimum atomic E-state index is -0.884. The van der Waals surface area contributed by atoms with Crippen LogP contribution in [-0.4, -0.2) is 72.7 Å². The van der Waals surface area contributed by atoms with Crippen molar-refractivity contribution < 1.29 is 19.2 Å². The maximum absolute atomic E-state index is 14.5. The quantitative estimate of drug-likeness (QED) is 0.0708. The lowest BCUT2D eigenvalue weighted by Gasteiger charge is -2.36. The lowest BCUT2D eigenvalue weighted by atomic mass is 9.98. The summed E-state index contributed by atoms with van der Waals surface area (Å²) in [6.07, 6.45) is 16.0. The van der Waals surface area contributed by atoms with Crippen LogP contribution >= 0.6 is 0 Å². The number of hydrogen-bond donors (Lipinski definition) is 4. The van der Waals surface area contributed by atoms with Crippen LogP contribution in [0.2, 0.25) is 0 Å². The Balaban J connectivity index is 0.999. The Morgan fingerprint density at radius 1 is 0.833 bits per heavy atom. The number of nitrogens with zero attached hydrogens (tertiary/aromatic N) is 4. The summed E-state index contributed by atoms with van der Waals surface area (Å²) in [5, 5.41) is 19.0. The third kappa shape index (κ3) is 10.7. The summed E-state index contributed by atoms with van der Waals surface area (Å²) in [6, 6.07) is 23.5. The second-order valence-corrected chi connectivity index (χ2v) is 16.6. The van der Waals surface area contributed by atoms with Crippen molar-refractivity contribution in [2.75, 3.05) is 0 Å². The maximum Gasteiger partial charge on any atom is 0.246 e. The Bertz CT molecular complexity index is 2200. The molecule has 0 unspecified atom stereocenters. The molecule has 2 aliphatic heterocycles. The first-order valence-electron chi connectivity index (χ1n) is 22.0. The zero-order valence-corrected chi connectivity index (χ0v) is 35.1. The molecule has 2 aliphatic rings. The number of carbonyl (C=O) groups excluding carboxylic acids is 4. The molecular formula is C48H60N8O4. The fraction of sp³-hybridized carbons (Fsp3) is 0.458. The van der Waals surface area contributed by atoms with Crippen molar-refractivity contribution in [3.8, 4) is 0 Å². The Kier molecular flexibility index (Phi) is 14.4. The predicted octanol–water partition coefficient (Wildman–Crippen LogP) is 6.89. The lowest BCUT2D eigenvalue weighted by Crippen LogP contribution is -2.59. The third-order valence-corrected chi connectivity index (χ3v) is 12.2. The molecule has 2 aromatic heterocycles. The van der Waals surface area contributed by atoms with Crippen LogP contribution < -0.4 is 16.0 Å².